The summed E-state index contributed by atoms with van der Waals surface area (Å²) in [7, 11) is 0. The van der Waals surface area contributed by atoms with Crippen molar-refractivity contribution in [3.8, 4) is 33.8 Å². The Balaban J connectivity index is 1.19. The first kappa shape index (κ1) is 24.1. The van der Waals surface area contributed by atoms with Crippen LogP contribution in [0.2, 0.25) is 0 Å². The predicted molar refractivity (Wildman–Crippen MR) is 155 cm³/mol. The van der Waals surface area contributed by atoms with Crippen LogP contribution in [0.15, 0.2) is 73.4 Å². The van der Waals surface area contributed by atoms with Gasteiger partial charge in [-0.25, -0.2) is 9.97 Å². The van der Waals surface area contributed by atoms with Crippen LogP contribution in [0.1, 0.15) is 38.5 Å². The summed E-state index contributed by atoms with van der Waals surface area (Å²) in [5, 5.41) is 11.7. The number of aromatic nitrogens is 7. The van der Waals surface area contributed by atoms with Gasteiger partial charge in [0.25, 0.3) is 0 Å². The van der Waals surface area contributed by atoms with Crippen LogP contribution in [-0.4, -0.2) is 41.0 Å². The van der Waals surface area contributed by atoms with Gasteiger partial charge in [0, 0.05) is 47.7 Å². The highest BCUT2D eigenvalue weighted by atomic mass is 16.1. The van der Waals surface area contributed by atoms with Gasteiger partial charge in [-0.3, -0.25) is 19.9 Å². The Kier molecular flexibility index (Phi) is 6.24. The van der Waals surface area contributed by atoms with E-state index in [4.69, 9.17) is 4.98 Å². The molecule has 1 fully saturated rings. The fourth-order valence-electron chi connectivity index (χ4n) is 5.69. The number of anilines is 1. The van der Waals surface area contributed by atoms with Gasteiger partial charge in [-0.05, 0) is 60.7 Å². The Hall–Kier alpha value is -4.92. The van der Waals surface area contributed by atoms with E-state index >= 15 is 0 Å². The molecule has 3 N–H and O–H groups in total. The van der Waals surface area contributed by atoms with Crippen LogP contribution in [0.5, 0.6) is 0 Å². The summed E-state index contributed by atoms with van der Waals surface area (Å²) in [6, 6.07) is 13.8. The van der Waals surface area contributed by atoms with E-state index in [9.17, 15) is 4.79 Å². The molecular formula is C31H28N8O. The molecule has 7 rings (SSSR count). The number of aromatic amines is 2. The molecule has 1 aliphatic rings. The van der Waals surface area contributed by atoms with E-state index in [-0.39, 0.29) is 5.91 Å². The largest absolute Gasteiger partial charge is 0.338 e. The first-order chi connectivity index (χ1) is 19.7. The van der Waals surface area contributed by atoms with Crippen molar-refractivity contribution in [3.05, 3.63) is 73.4 Å². The maximum atomic E-state index is 12.7. The van der Waals surface area contributed by atoms with E-state index in [0.29, 0.717) is 23.7 Å². The van der Waals surface area contributed by atoms with Gasteiger partial charge in [0.05, 0.1) is 28.8 Å². The van der Waals surface area contributed by atoms with E-state index < -0.39 is 0 Å². The third-order valence-corrected chi connectivity index (χ3v) is 7.68. The van der Waals surface area contributed by atoms with E-state index in [1.165, 1.54) is 19.3 Å². The summed E-state index contributed by atoms with van der Waals surface area (Å²) >= 11 is 0. The molecule has 0 aromatic carbocycles. The fourth-order valence-corrected chi connectivity index (χ4v) is 5.69. The average Bonchev–Trinajstić information content (AvgIpc) is 3.62. The Bertz CT molecular complexity index is 1820. The highest BCUT2D eigenvalue weighted by Gasteiger charge is 2.18. The van der Waals surface area contributed by atoms with Crippen molar-refractivity contribution in [2.45, 2.75) is 38.5 Å². The summed E-state index contributed by atoms with van der Waals surface area (Å²) in [6.45, 7) is 0. The van der Waals surface area contributed by atoms with Crippen molar-refractivity contribution >= 4 is 33.7 Å². The number of nitrogens with zero attached hydrogens (tertiary/aromatic N) is 5. The van der Waals surface area contributed by atoms with Gasteiger partial charge < -0.3 is 10.3 Å². The highest BCUT2D eigenvalue weighted by molar-refractivity contribution is 5.99. The third kappa shape index (κ3) is 4.70. The van der Waals surface area contributed by atoms with Crippen molar-refractivity contribution in [3.63, 3.8) is 0 Å². The molecule has 6 aromatic rings. The molecule has 1 amide bonds. The molecule has 0 spiro atoms. The minimum absolute atomic E-state index is 0.0458. The maximum absolute atomic E-state index is 12.7. The summed E-state index contributed by atoms with van der Waals surface area (Å²) in [4.78, 5) is 34.2. The highest BCUT2D eigenvalue weighted by Crippen LogP contribution is 2.33. The molecule has 0 saturated heterocycles. The number of carbonyl (C=O) groups excluding carboxylic acids is 1. The molecule has 9 heteroatoms. The molecule has 0 aliphatic heterocycles. The predicted octanol–water partition coefficient (Wildman–Crippen LogP) is 6.53. The normalized spacial score (nSPS) is 14.1. The lowest BCUT2D eigenvalue weighted by Gasteiger charge is -2.20. The minimum atomic E-state index is 0.0458. The van der Waals surface area contributed by atoms with Crippen LogP contribution >= 0.6 is 0 Å². The molecule has 198 valence electrons. The second-order valence-corrected chi connectivity index (χ2v) is 10.4. The first-order valence-electron chi connectivity index (χ1n) is 13.7. The van der Waals surface area contributed by atoms with Crippen LogP contribution in [0.4, 0.5) is 5.69 Å². The van der Waals surface area contributed by atoms with E-state index in [0.717, 1.165) is 63.0 Å². The molecule has 6 aromatic heterocycles. The van der Waals surface area contributed by atoms with Gasteiger partial charge in [-0.1, -0.05) is 25.3 Å². The monoisotopic (exact) mass is 528 g/mol. The SMILES string of the molecule is O=C(CC1CCCCC1)Nc1cncc(-c2ccc3[nH]nc(-c4cc5c(-c6cccnc6)ccnc5[nH]4)c3n2)c1. The van der Waals surface area contributed by atoms with Gasteiger partial charge in [-0.15, -0.1) is 0 Å². The lowest BCUT2D eigenvalue weighted by atomic mass is 9.87. The van der Waals surface area contributed by atoms with Crippen LogP contribution in [-0.2, 0) is 4.79 Å². The Labute approximate surface area is 230 Å². The van der Waals surface area contributed by atoms with E-state index in [2.05, 4.69) is 41.5 Å². The summed E-state index contributed by atoms with van der Waals surface area (Å²) < 4.78 is 0. The van der Waals surface area contributed by atoms with Crippen molar-refractivity contribution in [2.75, 3.05) is 5.32 Å². The smallest absolute Gasteiger partial charge is 0.224 e. The molecule has 0 bridgehead atoms. The Morgan fingerprint density at radius 2 is 1.85 bits per heavy atom. The number of carbonyl (C=O) groups is 1. The standard InChI is InChI=1S/C31H28N8O/c40-28(13-19-5-2-1-3-6-19)35-22-14-21(17-33-18-22)25-8-9-26-29(36-25)30(39-38-26)27-15-24-23(10-12-34-31(24)37-27)20-7-4-11-32-16-20/h4,7-12,14-19H,1-3,5-6,13H2,(H,34,37)(H,35,40)(H,38,39). The van der Waals surface area contributed by atoms with Gasteiger partial charge in [-0.2, -0.15) is 5.10 Å². The number of H-pyrrole nitrogens is 2. The van der Waals surface area contributed by atoms with Crippen LogP contribution < -0.4 is 5.32 Å². The van der Waals surface area contributed by atoms with Crippen molar-refractivity contribution in [1.82, 2.24) is 35.1 Å². The zero-order valence-corrected chi connectivity index (χ0v) is 21.9. The summed E-state index contributed by atoms with van der Waals surface area (Å²) in [5.74, 6) is 0.526. The van der Waals surface area contributed by atoms with Gasteiger partial charge in [0.15, 0.2) is 0 Å². The maximum Gasteiger partial charge on any atom is 0.224 e. The lowest BCUT2D eigenvalue weighted by molar-refractivity contribution is -0.117. The summed E-state index contributed by atoms with van der Waals surface area (Å²) in [6.07, 6.45) is 15.4. The Morgan fingerprint density at radius 1 is 0.950 bits per heavy atom. The molecule has 0 radical (unpaired) electrons. The first-order valence-corrected chi connectivity index (χ1v) is 13.7. The zero-order chi connectivity index (χ0) is 26.9. The number of fused-ring (bicyclic) bond motifs is 2. The van der Waals surface area contributed by atoms with Crippen LogP contribution in [0.3, 0.4) is 0 Å². The second kappa shape index (κ2) is 10.3. The van der Waals surface area contributed by atoms with Crippen LogP contribution in [0, 0.1) is 5.92 Å². The molecule has 0 atom stereocenters. The fraction of sp³-hybridized carbons (Fsp3) is 0.226. The summed E-state index contributed by atoms with van der Waals surface area (Å²) in [5.41, 5.74) is 8.16. The topological polar surface area (TPSA) is 125 Å². The molecule has 1 aliphatic carbocycles. The molecule has 9 nitrogen and oxygen atoms in total. The number of rotatable bonds is 6. The number of amides is 1. The van der Waals surface area contributed by atoms with Gasteiger partial charge >= 0.3 is 0 Å². The minimum Gasteiger partial charge on any atom is -0.338 e. The molecular weight excluding hydrogens is 500 g/mol. The number of pyridine rings is 4. The zero-order valence-electron chi connectivity index (χ0n) is 21.9. The van der Waals surface area contributed by atoms with E-state index in [1.807, 2.05) is 42.6 Å². The third-order valence-electron chi connectivity index (χ3n) is 7.68. The van der Waals surface area contributed by atoms with Gasteiger partial charge in [0.1, 0.15) is 16.9 Å². The molecule has 1 saturated carbocycles. The lowest BCUT2D eigenvalue weighted by Crippen LogP contribution is -2.18. The number of hydrogen-bond acceptors (Lipinski definition) is 6. The van der Waals surface area contributed by atoms with Crippen LogP contribution in [0.25, 0.3) is 55.8 Å². The van der Waals surface area contributed by atoms with Gasteiger partial charge in [0.2, 0.25) is 5.91 Å². The second-order valence-electron chi connectivity index (χ2n) is 10.4. The molecule has 6 heterocycles. The Morgan fingerprint density at radius 3 is 2.73 bits per heavy atom. The molecule has 0 unspecified atom stereocenters. The van der Waals surface area contributed by atoms with Crippen molar-refractivity contribution < 1.29 is 4.79 Å². The van der Waals surface area contributed by atoms with E-state index in [1.54, 1.807) is 24.8 Å². The number of nitrogens with one attached hydrogen (secondary N) is 3. The quantitative estimate of drug-likeness (QED) is 0.226. The average molecular weight is 529 g/mol. The van der Waals surface area contributed by atoms with Crippen molar-refractivity contribution in [1.29, 1.82) is 0 Å². The molecule has 40 heavy (non-hydrogen) atoms. The van der Waals surface area contributed by atoms with Crippen molar-refractivity contribution in [2.24, 2.45) is 5.92 Å². The number of hydrogen-bond donors (Lipinski definition) is 3.